The predicted octanol–water partition coefficient (Wildman–Crippen LogP) is 1.95. The molecule has 0 saturated carbocycles. The molecule has 11 nitrogen and oxygen atoms in total. The van der Waals surface area contributed by atoms with Gasteiger partial charge in [0.2, 0.25) is 23.6 Å². The number of carbonyl (C=O) groups excluding carboxylic acids is 4. The third kappa shape index (κ3) is 7.69. The monoisotopic (exact) mass is 585 g/mol. The van der Waals surface area contributed by atoms with E-state index in [1.54, 1.807) is 27.2 Å². The lowest BCUT2D eigenvalue weighted by Crippen LogP contribution is -2.61. The van der Waals surface area contributed by atoms with Crippen LogP contribution < -0.4 is 26.0 Å². The minimum atomic E-state index is -0.974. The second kappa shape index (κ2) is 15.2. The zero-order valence-electron chi connectivity index (χ0n) is 25.9. The van der Waals surface area contributed by atoms with E-state index in [0.29, 0.717) is 25.0 Å². The molecule has 1 aromatic carbocycles. The fraction of sp³-hybridized carbons (Fsp3) is 0.613. The Balaban J connectivity index is 2.00. The van der Waals surface area contributed by atoms with Gasteiger partial charge in [-0.3, -0.25) is 19.2 Å². The number of likely N-dealkylation sites (tertiary alicyclic amines) is 1. The average molecular weight is 586 g/mol. The second-order valence-electron chi connectivity index (χ2n) is 11.3. The van der Waals surface area contributed by atoms with Crippen LogP contribution in [0.25, 0.3) is 6.08 Å². The number of methoxy groups -OCH3 is 1. The molecular formula is C31H47N5O6. The second-order valence-corrected chi connectivity index (χ2v) is 11.3. The van der Waals surface area contributed by atoms with E-state index in [2.05, 4.69) is 21.3 Å². The van der Waals surface area contributed by atoms with Gasteiger partial charge in [-0.15, -0.1) is 0 Å². The molecule has 1 aromatic rings. The Kier molecular flexibility index (Phi) is 11.9. The summed E-state index contributed by atoms with van der Waals surface area (Å²) in [5.74, 6) is -1.16. The maximum Gasteiger partial charge on any atom is 0.246 e. The van der Waals surface area contributed by atoms with Crippen molar-refractivity contribution in [3.05, 3.63) is 35.5 Å². The van der Waals surface area contributed by atoms with Crippen LogP contribution in [-0.4, -0.2) is 79.5 Å². The van der Waals surface area contributed by atoms with Crippen LogP contribution in [0.1, 0.15) is 65.0 Å². The molecule has 0 spiro atoms. The smallest absolute Gasteiger partial charge is 0.246 e. The Morgan fingerprint density at radius 3 is 2.52 bits per heavy atom. The lowest BCUT2D eigenvalue weighted by Gasteiger charge is -2.34. The van der Waals surface area contributed by atoms with Crippen LogP contribution in [0.3, 0.4) is 0 Å². The van der Waals surface area contributed by atoms with Crippen LogP contribution in [0.2, 0.25) is 0 Å². The number of benzene rings is 1. The Labute approximate surface area is 249 Å². The van der Waals surface area contributed by atoms with E-state index in [1.165, 1.54) is 11.1 Å². The van der Waals surface area contributed by atoms with Gasteiger partial charge in [-0.1, -0.05) is 46.6 Å². The first-order valence-electron chi connectivity index (χ1n) is 14.9. The first kappa shape index (κ1) is 33.1. The highest BCUT2D eigenvalue weighted by atomic mass is 16.5. The van der Waals surface area contributed by atoms with Gasteiger partial charge in [0.1, 0.15) is 23.9 Å². The van der Waals surface area contributed by atoms with Crippen LogP contribution >= 0.6 is 0 Å². The number of carbonyl (C=O) groups is 4. The molecule has 11 heteroatoms. The lowest BCUT2D eigenvalue weighted by atomic mass is 9.96. The van der Waals surface area contributed by atoms with Gasteiger partial charge in [0.05, 0.1) is 25.9 Å². The highest BCUT2D eigenvalue weighted by Crippen LogP contribution is 2.28. The number of hydrogen-bond acceptors (Lipinski definition) is 7. The van der Waals surface area contributed by atoms with Gasteiger partial charge >= 0.3 is 0 Å². The summed E-state index contributed by atoms with van der Waals surface area (Å²) in [4.78, 5) is 55.6. The summed E-state index contributed by atoms with van der Waals surface area (Å²) in [5.41, 5.74) is 1.62. The molecule has 2 aliphatic rings. The molecule has 2 heterocycles. The number of fused-ring (bicyclic) bond motifs is 3. The molecule has 0 unspecified atom stereocenters. The third-order valence-corrected chi connectivity index (χ3v) is 8.54. The Morgan fingerprint density at radius 1 is 1.14 bits per heavy atom. The minimum absolute atomic E-state index is 0.171. The summed E-state index contributed by atoms with van der Waals surface area (Å²) in [6.45, 7) is 9.92. The summed E-state index contributed by atoms with van der Waals surface area (Å²) >= 11 is 0. The fourth-order valence-electron chi connectivity index (χ4n) is 5.22. The van der Waals surface area contributed by atoms with Gasteiger partial charge in [-0.05, 0) is 56.0 Å². The number of likely N-dealkylation sites (N-methyl/N-ethyl adjacent to an activating group) is 1. The van der Waals surface area contributed by atoms with Crippen molar-refractivity contribution in [2.45, 2.75) is 90.8 Å². The third-order valence-electron chi connectivity index (χ3n) is 8.54. The zero-order chi connectivity index (χ0) is 31.0. The Bertz CT molecular complexity index is 1160. The van der Waals surface area contributed by atoms with Crippen molar-refractivity contribution in [3.63, 3.8) is 0 Å². The largest absolute Gasteiger partial charge is 0.496 e. The van der Waals surface area contributed by atoms with E-state index in [-0.39, 0.29) is 42.7 Å². The number of rotatable bonds is 9. The van der Waals surface area contributed by atoms with Gasteiger partial charge < -0.3 is 35.6 Å². The molecular weight excluding hydrogens is 538 g/mol. The van der Waals surface area contributed by atoms with Gasteiger partial charge in [0.15, 0.2) is 0 Å². The van der Waals surface area contributed by atoms with Gasteiger partial charge in [-0.2, -0.15) is 0 Å². The Morgan fingerprint density at radius 2 is 1.88 bits per heavy atom. The molecule has 0 aliphatic carbocycles. The summed E-state index contributed by atoms with van der Waals surface area (Å²) < 4.78 is 11.8. The van der Waals surface area contributed by atoms with Crippen LogP contribution in [0.15, 0.2) is 24.4 Å². The molecule has 0 radical (unpaired) electrons. The van der Waals surface area contributed by atoms with E-state index in [4.69, 9.17) is 9.47 Å². The van der Waals surface area contributed by atoms with Crippen molar-refractivity contribution in [1.29, 1.82) is 0 Å². The zero-order valence-corrected chi connectivity index (χ0v) is 25.9. The molecule has 42 heavy (non-hydrogen) atoms. The highest BCUT2D eigenvalue weighted by molar-refractivity contribution is 5.96. The van der Waals surface area contributed by atoms with E-state index in [0.717, 1.165) is 11.1 Å². The quantitative estimate of drug-likeness (QED) is 0.348. The summed E-state index contributed by atoms with van der Waals surface area (Å²) in [6, 6.07) is 2.50. The van der Waals surface area contributed by atoms with Crippen LogP contribution in [0.4, 0.5) is 0 Å². The van der Waals surface area contributed by atoms with E-state index in [9.17, 15) is 19.2 Å². The first-order valence-corrected chi connectivity index (χ1v) is 14.9. The molecule has 0 aromatic heterocycles. The molecule has 1 fully saturated rings. The highest BCUT2D eigenvalue weighted by Gasteiger charge is 2.46. The van der Waals surface area contributed by atoms with Crippen molar-refractivity contribution >= 4 is 29.7 Å². The van der Waals surface area contributed by atoms with Crippen LogP contribution in [0, 0.1) is 11.8 Å². The topological polar surface area (TPSA) is 138 Å². The van der Waals surface area contributed by atoms with E-state index < -0.39 is 36.2 Å². The number of hydrogen-bond donors (Lipinski definition) is 4. The van der Waals surface area contributed by atoms with E-state index in [1.807, 2.05) is 45.9 Å². The van der Waals surface area contributed by atoms with Crippen LogP contribution in [0.5, 0.6) is 5.75 Å². The average Bonchev–Trinajstić information content (AvgIpc) is 3.43. The number of nitrogens with zero attached hydrogens (tertiary/aromatic N) is 1. The van der Waals surface area contributed by atoms with E-state index >= 15 is 0 Å². The molecule has 232 valence electrons. The summed E-state index contributed by atoms with van der Waals surface area (Å²) in [5, 5.41) is 11.5. The van der Waals surface area contributed by atoms with Crippen molar-refractivity contribution in [1.82, 2.24) is 26.2 Å². The fourth-order valence-corrected chi connectivity index (χ4v) is 5.22. The Hall–Kier alpha value is -3.44. The molecule has 3 rings (SSSR count). The van der Waals surface area contributed by atoms with Gasteiger partial charge in [0.25, 0.3) is 0 Å². The molecule has 4 amide bonds. The van der Waals surface area contributed by atoms with Crippen LogP contribution in [-0.2, 0) is 30.5 Å². The maximum atomic E-state index is 14.1. The first-order chi connectivity index (χ1) is 20.1. The standard InChI is InChI=1S/C31H47N5O6/c1-8-18(3)25-29(38)33-14-12-22-16-21(10-11-23(22)41-7)17-42-24-13-15-36(27(24)30(39)34-25)31(40)26(19(4)9-2)35-28(37)20(5)32-6/h10-12,14,16,18-20,24-27,32H,8-9,13,15,17H2,1-7H3,(H,33,38)(H,34,39)(H,35,37)/b14-12+/t18-,19-,20+,24-,25-,26-,27-/m0/s1. The number of ether oxygens (including phenoxy) is 2. The SMILES string of the molecule is CC[C@H](C)[C@@H]1NC(=O)[C@@H]2[C@H](CCN2C(=O)[C@@H](NC(=O)[C@@H](C)NC)[C@@H](C)CC)OCc2ccc(OC)c(c2)/C=C/NC1=O. The number of nitrogens with one attached hydrogen (secondary N) is 4. The summed E-state index contributed by atoms with van der Waals surface area (Å²) in [7, 11) is 3.26. The molecule has 7 atom stereocenters. The van der Waals surface area contributed by atoms with Crippen molar-refractivity contribution in [3.8, 4) is 5.75 Å². The molecule has 2 bridgehead atoms. The minimum Gasteiger partial charge on any atom is -0.496 e. The van der Waals surface area contributed by atoms with Crippen molar-refractivity contribution in [2.24, 2.45) is 11.8 Å². The number of amides is 4. The predicted molar refractivity (Wildman–Crippen MR) is 160 cm³/mol. The summed E-state index contributed by atoms with van der Waals surface area (Å²) in [6.07, 6.45) is 4.41. The van der Waals surface area contributed by atoms with Crippen molar-refractivity contribution in [2.75, 3.05) is 20.7 Å². The van der Waals surface area contributed by atoms with Gasteiger partial charge in [0, 0.05) is 18.3 Å². The maximum absolute atomic E-state index is 14.1. The molecule has 4 N–H and O–H groups in total. The molecule has 2 aliphatic heterocycles. The molecule has 1 saturated heterocycles. The normalized spacial score (nSPS) is 24.6. The van der Waals surface area contributed by atoms with Gasteiger partial charge in [-0.25, -0.2) is 0 Å². The van der Waals surface area contributed by atoms with Crippen molar-refractivity contribution < 1.29 is 28.7 Å². The lowest BCUT2D eigenvalue weighted by molar-refractivity contribution is -0.146.